The van der Waals surface area contributed by atoms with Gasteiger partial charge in [0, 0.05) is 16.3 Å². The molecule has 0 aromatic heterocycles. The van der Waals surface area contributed by atoms with Crippen LogP contribution in [0.25, 0.3) is 16.8 Å². The van der Waals surface area contributed by atoms with Crippen LogP contribution in [-0.4, -0.2) is 14.3 Å². The second kappa shape index (κ2) is 10.2. The molecule has 4 rings (SSSR count). The second-order valence-electron chi connectivity index (χ2n) is 8.09. The Labute approximate surface area is 214 Å². The van der Waals surface area contributed by atoms with Crippen LogP contribution in [-0.2, 0) is 14.9 Å². The fourth-order valence-electron chi connectivity index (χ4n) is 3.59. The van der Waals surface area contributed by atoms with E-state index in [1.807, 2.05) is 25.1 Å². The van der Waals surface area contributed by atoms with Gasteiger partial charge in [-0.1, -0.05) is 65.7 Å². The first-order valence-corrected chi connectivity index (χ1v) is 12.7. The van der Waals surface area contributed by atoms with Crippen molar-refractivity contribution in [1.29, 1.82) is 5.26 Å². The van der Waals surface area contributed by atoms with Crippen molar-refractivity contribution >= 4 is 50.2 Å². The molecular weight excluding hydrogens is 496 g/mol. The molecule has 0 bridgehead atoms. The topological polar surface area (TPSA) is 96.3 Å². The van der Waals surface area contributed by atoms with Crippen LogP contribution in [0.4, 0.5) is 5.69 Å². The summed E-state index contributed by atoms with van der Waals surface area (Å²) in [6.45, 7) is 3.60. The van der Waals surface area contributed by atoms with Gasteiger partial charge in [-0.2, -0.15) is 13.7 Å². The SMILES string of the molecule is Cc1ccc(S(=O)(=O)Oc2ccc3ccccc3c2/C=C(\C#N)C(=O)Nc2cccc(Cl)c2C)cc1. The van der Waals surface area contributed by atoms with E-state index in [2.05, 4.69) is 5.32 Å². The quantitative estimate of drug-likeness (QED) is 0.181. The molecule has 0 aliphatic carbocycles. The normalized spacial score (nSPS) is 11.7. The zero-order valence-electron chi connectivity index (χ0n) is 19.4. The number of amides is 1. The van der Waals surface area contributed by atoms with Crippen molar-refractivity contribution in [3.8, 4) is 11.8 Å². The average molecular weight is 517 g/mol. The Kier molecular flexibility index (Phi) is 7.11. The molecule has 4 aromatic carbocycles. The van der Waals surface area contributed by atoms with Gasteiger partial charge in [-0.25, -0.2) is 0 Å². The molecule has 36 heavy (non-hydrogen) atoms. The predicted molar refractivity (Wildman–Crippen MR) is 141 cm³/mol. The molecule has 6 nitrogen and oxygen atoms in total. The van der Waals surface area contributed by atoms with Crippen LogP contribution in [0.15, 0.2) is 89.3 Å². The summed E-state index contributed by atoms with van der Waals surface area (Å²) in [6, 6.07) is 23.7. The Morgan fingerprint density at radius 2 is 1.69 bits per heavy atom. The number of aryl methyl sites for hydroxylation is 1. The molecule has 0 aliphatic rings. The number of rotatable bonds is 6. The lowest BCUT2D eigenvalue weighted by Gasteiger charge is -2.13. The van der Waals surface area contributed by atoms with Crippen LogP contribution in [0.3, 0.4) is 0 Å². The minimum atomic E-state index is -4.17. The molecule has 0 saturated heterocycles. The summed E-state index contributed by atoms with van der Waals surface area (Å²) in [7, 11) is -4.17. The Balaban J connectivity index is 1.79. The fourth-order valence-corrected chi connectivity index (χ4v) is 4.72. The molecule has 0 atom stereocenters. The minimum Gasteiger partial charge on any atom is -0.378 e. The third kappa shape index (κ3) is 5.25. The summed E-state index contributed by atoms with van der Waals surface area (Å²) in [5, 5.41) is 14.4. The molecule has 0 fully saturated rings. The highest BCUT2D eigenvalue weighted by molar-refractivity contribution is 7.87. The van der Waals surface area contributed by atoms with E-state index in [4.69, 9.17) is 15.8 Å². The molecule has 1 N–H and O–H groups in total. The molecule has 0 aliphatic heterocycles. The van der Waals surface area contributed by atoms with Gasteiger partial charge in [0.05, 0.1) is 0 Å². The number of nitrogens with one attached hydrogen (secondary N) is 1. The van der Waals surface area contributed by atoms with Crippen LogP contribution in [0, 0.1) is 25.2 Å². The number of halogens is 1. The first-order chi connectivity index (χ1) is 17.2. The van der Waals surface area contributed by atoms with Gasteiger partial charge in [-0.3, -0.25) is 4.79 Å². The Morgan fingerprint density at radius 3 is 2.42 bits per heavy atom. The van der Waals surface area contributed by atoms with Crippen molar-refractivity contribution in [3.05, 3.63) is 106 Å². The van der Waals surface area contributed by atoms with E-state index in [1.54, 1.807) is 55.5 Å². The van der Waals surface area contributed by atoms with Gasteiger partial charge in [0.15, 0.2) is 5.75 Å². The Morgan fingerprint density at radius 1 is 0.972 bits per heavy atom. The lowest BCUT2D eigenvalue weighted by Crippen LogP contribution is -2.15. The zero-order valence-corrected chi connectivity index (χ0v) is 21.0. The first kappa shape index (κ1) is 25.0. The number of anilines is 1. The van der Waals surface area contributed by atoms with Crippen LogP contribution in [0.1, 0.15) is 16.7 Å². The molecule has 4 aromatic rings. The van der Waals surface area contributed by atoms with Crippen molar-refractivity contribution < 1.29 is 17.4 Å². The van der Waals surface area contributed by atoms with E-state index in [-0.39, 0.29) is 16.2 Å². The molecule has 1 amide bonds. The van der Waals surface area contributed by atoms with Gasteiger partial charge in [-0.05, 0) is 66.6 Å². The van der Waals surface area contributed by atoms with Gasteiger partial charge in [-0.15, -0.1) is 0 Å². The molecule has 180 valence electrons. The number of hydrogen-bond acceptors (Lipinski definition) is 5. The summed E-state index contributed by atoms with van der Waals surface area (Å²) in [6.07, 6.45) is 1.33. The largest absolute Gasteiger partial charge is 0.378 e. The number of carbonyl (C=O) groups excluding carboxylic acids is 1. The molecular formula is C28H21ClN2O4S. The van der Waals surface area contributed by atoms with Gasteiger partial charge >= 0.3 is 10.1 Å². The molecule has 0 unspecified atom stereocenters. The van der Waals surface area contributed by atoms with Crippen molar-refractivity contribution in [1.82, 2.24) is 0 Å². The van der Waals surface area contributed by atoms with Crippen molar-refractivity contribution in [3.63, 3.8) is 0 Å². The predicted octanol–water partition coefficient (Wildman–Crippen LogP) is 6.42. The van der Waals surface area contributed by atoms with E-state index in [9.17, 15) is 18.5 Å². The molecule has 0 saturated carbocycles. The maximum atomic E-state index is 13.0. The highest BCUT2D eigenvalue weighted by Crippen LogP contribution is 2.33. The summed E-state index contributed by atoms with van der Waals surface area (Å²) in [5.41, 5.74) is 2.08. The summed E-state index contributed by atoms with van der Waals surface area (Å²) < 4.78 is 31.5. The Hall–Kier alpha value is -4.12. The first-order valence-electron chi connectivity index (χ1n) is 10.9. The zero-order chi connectivity index (χ0) is 25.9. The van der Waals surface area contributed by atoms with Gasteiger partial charge in [0.1, 0.15) is 16.5 Å². The Bertz CT molecular complexity index is 1650. The average Bonchev–Trinajstić information content (AvgIpc) is 2.86. The number of benzene rings is 4. The van der Waals surface area contributed by atoms with Crippen molar-refractivity contribution in [2.24, 2.45) is 0 Å². The fraction of sp³-hybridized carbons (Fsp3) is 0.0714. The number of hydrogen-bond donors (Lipinski definition) is 1. The lowest BCUT2D eigenvalue weighted by molar-refractivity contribution is -0.112. The smallest absolute Gasteiger partial charge is 0.339 e. The summed E-state index contributed by atoms with van der Waals surface area (Å²) in [4.78, 5) is 13.0. The van der Waals surface area contributed by atoms with Crippen LogP contribution >= 0.6 is 11.6 Å². The van der Waals surface area contributed by atoms with Gasteiger partial charge in [0.2, 0.25) is 0 Å². The summed E-state index contributed by atoms with van der Waals surface area (Å²) >= 11 is 6.14. The minimum absolute atomic E-state index is 0.00578. The molecule has 8 heteroatoms. The monoisotopic (exact) mass is 516 g/mol. The number of nitriles is 1. The van der Waals surface area contributed by atoms with Crippen LogP contribution in [0.5, 0.6) is 5.75 Å². The second-order valence-corrected chi connectivity index (χ2v) is 10.0. The lowest BCUT2D eigenvalue weighted by atomic mass is 10.0. The molecule has 0 spiro atoms. The van der Waals surface area contributed by atoms with E-state index in [0.717, 1.165) is 10.9 Å². The van der Waals surface area contributed by atoms with Crippen LogP contribution < -0.4 is 9.50 Å². The molecule has 0 heterocycles. The van der Waals surface area contributed by atoms with Crippen molar-refractivity contribution in [2.75, 3.05) is 5.32 Å². The highest BCUT2D eigenvalue weighted by atomic mass is 35.5. The third-order valence-corrected chi connectivity index (χ3v) is 7.27. The van der Waals surface area contributed by atoms with Gasteiger partial charge in [0.25, 0.3) is 5.91 Å². The third-order valence-electron chi connectivity index (χ3n) is 5.61. The maximum absolute atomic E-state index is 13.0. The number of nitrogens with zero attached hydrogens (tertiary/aromatic N) is 1. The standard InChI is InChI=1S/C28H21ClN2O4S/c1-18-10-13-22(14-11-18)36(33,34)35-27-15-12-20-6-3-4-7-23(20)24(27)16-21(17-30)28(32)31-26-9-5-8-25(29)19(26)2/h3-16H,1-2H3,(H,31,32)/b21-16+. The van der Waals surface area contributed by atoms with Gasteiger partial charge < -0.3 is 9.50 Å². The maximum Gasteiger partial charge on any atom is 0.339 e. The van der Waals surface area contributed by atoms with Crippen molar-refractivity contribution in [2.45, 2.75) is 18.7 Å². The van der Waals surface area contributed by atoms with E-state index in [1.165, 1.54) is 24.3 Å². The van der Waals surface area contributed by atoms with E-state index in [0.29, 0.717) is 27.2 Å². The summed E-state index contributed by atoms with van der Waals surface area (Å²) in [5.74, 6) is -0.670. The van der Waals surface area contributed by atoms with E-state index >= 15 is 0 Å². The number of fused-ring (bicyclic) bond motifs is 1. The van der Waals surface area contributed by atoms with Crippen LogP contribution in [0.2, 0.25) is 5.02 Å². The number of carbonyl (C=O) groups is 1. The highest BCUT2D eigenvalue weighted by Gasteiger charge is 2.21. The molecule has 0 radical (unpaired) electrons. The van der Waals surface area contributed by atoms with E-state index < -0.39 is 16.0 Å².